The summed E-state index contributed by atoms with van der Waals surface area (Å²) >= 11 is 0. The Kier molecular flexibility index (Phi) is 10.2. The average molecular weight is 536 g/mol. The van der Waals surface area contributed by atoms with Crippen molar-refractivity contribution >= 4 is 28.8 Å². The van der Waals surface area contributed by atoms with Crippen molar-refractivity contribution in [2.24, 2.45) is 0 Å². The summed E-state index contributed by atoms with van der Waals surface area (Å²) in [6.07, 6.45) is -4.62. The minimum absolute atomic E-state index is 0.838. The van der Waals surface area contributed by atoms with Crippen LogP contribution in [0.25, 0.3) is 10.9 Å². The van der Waals surface area contributed by atoms with Crippen molar-refractivity contribution in [3.63, 3.8) is 0 Å². The van der Waals surface area contributed by atoms with Gasteiger partial charge in [-0.2, -0.15) is 31.4 Å². The van der Waals surface area contributed by atoms with Crippen molar-refractivity contribution in [3.8, 4) is 0 Å². The number of benzene rings is 1. The van der Waals surface area contributed by atoms with Crippen LogP contribution in [0.2, 0.25) is 0 Å². The molecule has 0 amide bonds. The molecule has 1 aromatic carbocycles. The lowest BCUT2D eigenvalue weighted by atomic mass is 10.2. The number of carboxylic acid groups (broad SMARTS) is 2. The summed E-state index contributed by atoms with van der Waals surface area (Å²) < 4.78 is 65.6. The molecule has 202 valence electrons. The highest BCUT2D eigenvalue weighted by Gasteiger charge is 2.38. The maximum absolute atomic E-state index is 10.6. The molecule has 0 unspecified atom stereocenters. The molecule has 0 spiro atoms. The van der Waals surface area contributed by atoms with E-state index >= 15 is 0 Å². The van der Waals surface area contributed by atoms with Crippen LogP contribution in [0.4, 0.5) is 32.3 Å². The SMILES string of the molecule is O=C(O)C(F)(F)F.O=C(O)C(F)(F)F.c1cnc(N2CCN(CCn3ncc4ccccc43)CC2)nc1. The van der Waals surface area contributed by atoms with Gasteiger partial charge in [0.05, 0.1) is 18.3 Å². The Balaban J connectivity index is 0.000000286. The van der Waals surface area contributed by atoms with E-state index in [0.29, 0.717) is 0 Å². The molecule has 0 atom stereocenters. The van der Waals surface area contributed by atoms with Crippen LogP contribution >= 0.6 is 0 Å². The monoisotopic (exact) mass is 536 g/mol. The van der Waals surface area contributed by atoms with Gasteiger partial charge >= 0.3 is 24.3 Å². The summed E-state index contributed by atoms with van der Waals surface area (Å²) in [6, 6.07) is 10.2. The first-order valence-electron chi connectivity index (χ1n) is 10.5. The maximum atomic E-state index is 10.6. The van der Waals surface area contributed by atoms with Crippen molar-refractivity contribution in [2.75, 3.05) is 37.6 Å². The lowest BCUT2D eigenvalue weighted by Gasteiger charge is -2.34. The second-order valence-electron chi connectivity index (χ2n) is 7.41. The summed E-state index contributed by atoms with van der Waals surface area (Å²) in [5.74, 6) is -4.68. The first-order valence-corrected chi connectivity index (χ1v) is 10.5. The number of carboxylic acids is 2. The fourth-order valence-electron chi connectivity index (χ4n) is 3.07. The molecule has 1 aliphatic rings. The number of halogens is 6. The molecule has 0 aliphatic carbocycles. The van der Waals surface area contributed by atoms with E-state index in [-0.39, 0.29) is 0 Å². The van der Waals surface area contributed by atoms with Crippen LogP contribution < -0.4 is 4.90 Å². The third kappa shape index (κ3) is 9.55. The predicted octanol–water partition coefficient (Wildman–Crippen LogP) is 2.92. The van der Waals surface area contributed by atoms with Crippen LogP contribution in [0.3, 0.4) is 0 Å². The van der Waals surface area contributed by atoms with Crippen LogP contribution in [0.15, 0.2) is 48.9 Å². The van der Waals surface area contributed by atoms with Gasteiger partial charge < -0.3 is 15.1 Å². The number of nitrogens with zero attached hydrogens (tertiary/aromatic N) is 6. The van der Waals surface area contributed by atoms with Crippen molar-refractivity contribution in [3.05, 3.63) is 48.9 Å². The van der Waals surface area contributed by atoms with Gasteiger partial charge in [0.15, 0.2) is 0 Å². The molecule has 2 N–H and O–H groups in total. The number of anilines is 1. The molecule has 0 radical (unpaired) electrons. The Labute approximate surface area is 205 Å². The standard InChI is InChI=1S/C17H20N6.2C2HF3O2/c1-2-5-16-15(4-1)14-20-23(16)13-10-21-8-11-22(12-9-21)17-18-6-3-7-19-17;2*3-2(4,5)1(6)7/h1-7,14H,8-13H2;2*(H,6,7). The number of alkyl halides is 6. The number of rotatable bonds is 4. The van der Waals surface area contributed by atoms with E-state index in [1.807, 2.05) is 12.3 Å². The fraction of sp³-hybridized carbons (Fsp3) is 0.381. The van der Waals surface area contributed by atoms with Crippen molar-refractivity contribution < 1.29 is 46.1 Å². The van der Waals surface area contributed by atoms with Crippen molar-refractivity contribution in [2.45, 2.75) is 18.9 Å². The molecule has 0 saturated carbocycles. The molecule has 3 aromatic rings. The molecule has 4 rings (SSSR count). The van der Waals surface area contributed by atoms with E-state index in [0.717, 1.165) is 45.2 Å². The van der Waals surface area contributed by atoms with Crippen LogP contribution in [0, 0.1) is 0 Å². The summed E-state index contributed by atoms with van der Waals surface area (Å²) in [6.45, 7) is 5.98. The van der Waals surface area contributed by atoms with Crippen LogP contribution in [-0.2, 0) is 16.1 Å². The third-order valence-corrected chi connectivity index (χ3v) is 4.87. The molecule has 37 heavy (non-hydrogen) atoms. The second-order valence-corrected chi connectivity index (χ2v) is 7.41. The number of carbonyl (C=O) groups is 2. The summed E-state index contributed by atoms with van der Waals surface area (Å²) in [4.78, 5) is 31.2. The molecule has 0 bridgehead atoms. The zero-order valence-electron chi connectivity index (χ0n) is 19.0. The number of hydrogen-bond donors (Lipinski definition) is 2. The van der Waals surface area contributed by atoms with Gasteiger partial charge in [-0.05, 0) is 12.1 Å². The van der Waals surface area contributed by atoms with Gasteiger partial charge in [0, 0.05) is 50.5 Å². The Morgan fingerprint density at radius 1 is 0.811 bits per heavy atom. The molecule has 3 heterocycles. The lowest BCUT2D eigenvalue weighted by molar-refractivity contribution is -0.193. The van der Waals surface area contributed by atoms with Gasteiger partial charge in [-0.25, -0.2) is 19.6 Å². The molecular weight excluding hydrogens is 514 g/mol. The minimum atomic E-state index is -5.08. The third-order valence-electron chi connectivity index (χ3n) is 4.87. The van der Waals surface area contributed by atoms with Crippen molar-refractivity contribution in [1.29, 1.82) is 0 Å². The Bertz CT molecular complexity index is 1120. The van der Waals surface area contributed by atoms with E-state index in [1.165, 1.54) is 10.9 Å². The summed E-state index contributed by atoms with van der Waals surface area (Å²) in [5, 5.41) is 20.0. The summed E-state index contributed by atoms with van der Waals surface area (Å²) in [7, 11) is 0. The highest BCUT2D eigenvalue weighted by Crippen LogP contribution is 2.15. The van der Waals surface area contributed by atoms with Crippen molar-refractivity contribution in [1.82, 2.24) is 24.6 Å². The van der Waals surface area contributed by atoms with E-state index in [2.05, 4.69) is 53.8 Å². The number of aromatic nitrogens is 4. The van der Waals surface area contributed by atoms with E-state index in [1.54, 1.807) is 12.4 Å². The second kappa shape index (κ2) is 12.8. The van der Waals surface area contributed by atoms with Gasteiger partial charge in [0.2, 0.25) is 5.95 Å². The zero-order valence-corrected chi connectivity index (χ0v) is 19.0. The van der Waals surface area contributed by atoms with E-state index in [4.69, 9.17) is 19.8 Å². The average Bonchev–Trinajstić information content (AvgIpc) is 3.26. The number of hydrogen-bond acceptors (Lipinski definition) is 7. The van der Waals surface area contributed by atoms with Gasteiger partial charge in [-0.1, -0.05) is 18.2 Å². The Morgan fingerprint density at radius 3 is 1.84 bits per heavy atom. The predicted molar refractivity (Wildman–Crippen MR) is 118 cm³/mol. The maximum Gasteiger partial charge on any atom is 0.490 e. The first-order chi connectivity index (χ1) is 17.3. The molecule has 1 fully saturated rings. The summed E-state index contributed by atoms with van der Waals surface area (Å²) in [5.41, 5.74) is 1.21. The van der Waals surface area contributed by atoms with Gasteiger partial charge in [0.1, 0.15) is 0 Å². The number of aliphatic carboxylic acids is 2. The quantitative estimate of drug-likeness (QED) is 0.485. The highest BCUT2D eigenvalue weighted by molar-refractivity contribution is 5.78. The minimum Gasteiger partial charge on any atom is -0.475 e. The first kappa shape index (κ1) is 29.3. The topological polar surface area (TPSA) is 125 Å². The Hall–Kier alpha value is -3.95. The Morgan fingerprint density at radius 2 is 1.32 bits per heavy atom. The fourth-order valence-corrected chi connectivity index (χ4v) is 3.07. The smallest absolute Gasteiger partial charge is 0.475 e. The van der Waals surface area contributed by atoms with E-state index in [9.17, 15) is 26.3 Å². The van der Waals surface area contributed by atoms with Gasteiger partial charge in [-0.15, -0.1) is 0 Å². The number of fused-ring (bicyclic) bond motifs is 1. The van der Waals surface area contributed by atoms with Crippen LogP contribution in [0.5, 0.6) is 0 Å². The molecule has 10 nitrogen and oxygen atoms in total. The lowest BCUT2D eigenvalue weighted by Crippen LogP contribution is -2.47. The van der Waals surface area contributed by atoms with Gasteiger partial charge in [-0.3, -0.25) is 9.58 Å². The largest absolute Gasteiger partial charge is 0.490 e. The van der Waals surface area contributed by atoms with Crippen LogP contribution in [-0.4, -0.2) is 91.9 Å². The zero-order chi connectivity index (χ0) is 27.6. The molecular formula is C21H22F6N6O4. The highest BCUT2D eigenvalue weighted by atomic mass is 19.4. The van der Waals surface area contributed by atoms with E-state index < -0.39 is 24.3 Å². The molecule has 2 aromatic heterocycles. The molecule has 1 aliphatic heterocycles. The van der Waals surface area contributed by atoms with Crippen LogP contribution in [0.1, 0.15) is 0 Å². The van der Waals surface area contributed by atoms with Gasteiger partial charge in [0.25, 0.3) is 0 Å². The molecule has 1 saturated heterocycles. The number of para-hydroxylation sites is 1. The number of piperazine rings is 1. The molecule has 16 heteroatoms. The normalized spacial score (nSPS) is 14.3.